The molecule has 2 unspecified atom stereocenters. The predicted octanol–water partition coefficient (Wildman–Crippen LogP) is 1.60. The fourth-order valence-corrected chi connectivity index (χ4v) is 3.17. The molecule has 2 heterocycles. The first-order valence-electron chi connectivity index (χ1n) is 6.08. The Kier molecular flexibility index (Phi) is 2.23. The van der Waals surface area contributed by atoms with E-state index in [4.69, 9.17) is 5.73 Å². The summed E-state index contributed by atoms with van der Waals surface area (Å²) in [5.41, 5.74) is 6.80. The van der Waals surface area contributed by atoms with Gasteiger partial charge in [0.25, 0.3) is 0 Å². The highest BCUT2D eigenvalue weighted by atomic mass is 15.2. The monoisotopic (exact) mass is 218 g/mol. The second-order valence-electron chi connectivity index (χ2n) is 5.09. The zero-order chi connectivity index (χ0) is 11.1. The van der Waals surface area contributed by atoms with Gasteiger partial charge >= 0.3 is 0 Å². The van der Waals surface area contributed by atoms with Gasteiger partial charge in [-0.15, -0.1) is 0 Å². The predicted molar refractivity (Wildman–Crippen MR) is 64.2 cm³/mol. The van der Waals surface area contributed by atoms with Crippen LogP contribution in [0.2, 0.25) is 0 Å². The highest BCUT2D eigenvalue weighted by molar-refractivity contribution is 5.49. The Morgan fingerprint density at radius 2 is 2.00 bits per heavy atom. The molecule has 2 fully saturated rings. The van der Waals surface area contributed by atoms with Crippen molar-refractivity contribution >= 4 is 11.8 Å². The maximum Gasteiger partial charge on any atom is 0.221 e. The number of nitrogens with zero attached hydrogens (tertiary/aromatic N) is 3. The van der Waals surface area contributed by atoms with Crippen molar-refractivity contribution in [3.63, 3.8) is 0 Å². The van der Waals surface area contributed by atoms with Crippen molar-refractivity contribution < 1.29 is 0 Å². The molecule has 0 spiro atoms. The molecule has 4 nitrogen and oxygen atoms in total. The minimum atomic E-state index is 0.387. The van der Waals surface area contributed by atoms with E-state index in [1.54, 1.807) is 0 Å². The van der Waals surface area contributed by atoms with E-state index in [1.165, 1.54) is 19.3 Å². The van der Waals surface area contributed by atoms with E-state index in [0.717, 1.165) is 36.3 Å². The highest BCUT2D eigenvalue weighted by Crippen LogP contribution is 2.39. The van der Waals surface area contributed by atoms with Crippen molar-refractivity contribution in [2.45, 2.75) is 26.2 Å². The average molecular weight is 218 g/mol. The van der Waals surface area contributed by atoms with Crippen molar-refractivity contribution in [3.8, 4) is 0 Å². The maximum absolute atomic E-state index is 5.66. The van der Waals surface area contributed by atoms with Crippen molar-refractivity contribution in [2.24, 2.45) is 11.8 Å². The second kappa shape index (κ2) is 3.61. The fraction of sp³-hybridized carbons (Fsp3) is 0.667. The van der Waals surface area contributed by atoms with Gasteiger partial charge in [0, 0.05) is 24.8 Å². The minimum Gasteiger partial charge on any atom is -0.368 e. The van der Waals surface area contributed by atoms with Crippen LogP contribution in [0, 0.1) is 18.8 Å². The van der Waals surface area contributed by atoms with Crippen molar-refractivity contribution in [2.75, 3.05) is 23.7 Å². The third kappa shape index (κ3) is 1.52. The number of aromatic nitrogens is 2. The number of anilines is 2. The van der Waals surface area contributed by atoms with E-state index in [0.29, 0.717) is 5.95 Å². The molecule has 1 aliphatic carbocycles. The van der Waals surface area contributed by atoms with E-state index in [-0.39, 0.29) is 0 Å². The average Bonchev–Trinajstić information content (AvgIpc) is 2.81. The molecule has 0 amide bonds. The lowest BCUT2D eigenvalue weighted by Crippen LogP contribution is -2.23. The molecular formula is C12H18N4. The zero-order valence-corrected chi connectivity index (χ0v) is 9.69. The van der Waals surface area contributed by atoms with Gasteiger partial charge < -0.3 is 10.6 Å². The number of nitrogen functional groups attached to an aromatic ring is 1. The van der Waals surface area contributed by atoms with E-state index >= 15 is 0 Å². The quantitative estimate of drug-likeness (QED) is 0.778. The topological polar surface area (TPSA) is 55.0 Å². The maximum atomic E-state index is 5.66. The summed E-state index contributed by atoms with van der Waals surface area (Å²) in [6.45, 7) is 4.37. The van der Waals surface area contributed by atoms with Gasteiger partial charge in [-0.2, -0.15) is 4.98 Å². The summed E-state index contributed by atoms with van der Waals surface area (Å²) in [5, 5.41) is 0. The first-order valence-corrected chi connectivity index (χ1v) is 6.08. The Morgan fingerprint density at radius 1 is 1.31 bits per heavy atom. The highest BCUT2D eigenvalue weighted by Gasteiger charge is 2.36. The zero-order valence-electron chi connectivity index (χ0n) is 9.69. The molecule has 1 saturated heterocycles. The van der Waals surface area contributed by atoms with Crippen molar-refractivity contribution in [3.05, 3.63) is 11.8 Å². The lowest BCUT2D eigenvalue weighted by Gasteiger charge is -2.20. The van der Waals surface area contributed by atoms with Gasteiger partial charge in [-0.3, -0.25) is 0 Å². The lowest BCUT2D eigenvalue weighted by molar-refractivity contribution is 0.494. The van der Waals surface area contributed by atoms with Crippen LogP contribution in [0.1, 0.15) is 24.8 Å². The number of fused-ring (bicyclic) bond motifs is 1. The van der Waals surface area contributed by atoms with Gasteiger partial charge in [-0.25, -0.2) is 4.98 Å². The molecule has 1 saturated carbocycles. The summed E-state index contributed by atoms with van der Waals surface area (Å²) in [7, 11) is 0. The fourth-order valence-electron chi connectivity index (χ4n) is 3.17. The van der Waals surface area contributed by atoms with Crippen LogP contribution >= 0.6 is 0 Å². The van der Waals surface area contributed by atoms with Crippen LogP contribution < -0.4 is 10.6 Å². The van der Waals surface area contributed by atoms with E-state index < -0.39 is 0 Å². The first-order chi connectivity index (χ1) is 7.74. The van der Waals surface area contributed by atoms with E-state index in [9.17, 15) is 0 Å². The SMILES string of the molecule is Cc1cnc(N)nc1N1CC2CCCC2C1. The molecule has 86 valence electrons. The summed E-state index contributed by atoms with van der Waals surface area (Å²) in [6.07, 6.45) is 6.02. The molecule has 2 atom stereocenters. The summed E-state index contributed by atoms with van der Waals surface area (Å²) >= 11 is 0. The number of nitrogens with two attached hydrogens (primary N) is 1. The Hall–Kier alpha value is -1.32. The molecule has 1 aromatic heterocycles. The van der Waals surface area contributed by atoms with Crippen molar-refractivity contribution in [1.82, 2.24) is 9.97 Å². The van der Waals surface area contributed by atoms with Crippen LogP contribution in [0.4, 0.5) is 11.8 Å². The Labute approximate surface area is 95.9 Å². The molecule has 1 aliphatic heterocycles. The van der Waals surface area contributed by atoms with Gasteiger partial charge in [0.15, 0.2) is 0 Å². The third-order valence-electron chi connectivity index (χ3n) is 3.99. The normalized spacial score (nSPS) is 28.4. The second-order valence-corrected chi connectivity index (χ2v) is 5.09. The number of hydrogen-bond donors (Lipinski definition) is 1. The lowest BCUT2D eigenvalue weighted by atomic mass is 10.0. The minimum absolute atomic E-state index is 0.387. The Morgan fingerprint density at radius 3 is 2.69 bits per heavy atom. The standard InChI is InChI=1S/C12H18N4/c1-8-5-14-12(13)15-11(8)16-6-9-3-2-4-10(9)7-16/h5,9-10H,2-4,6-7H2,1H3,(H2,13,14,15). The summed E-state index contributed by atoms with van der Waals surface area (Å²) in [4.78, 5) is 10.8. The number of hydrogen-bond acceptors (Lipinski definition) is 4. The van der Waals surface area contributed by atoms with Gasteiger partial charge in [0.2, 0.25) is 5.95 Å². The van der Waals surface area contributed by atoms with Crippen LogP contribution in [0.15, 0.2) is 6.20 Å². The van der Waals surface area contributed by atoms with Crippen LogP contribution in [0.3, 0.4) is 0 Å². The summed E-state index contributed by atoms with van der Waals surface area (Å²) in [6, 6.07) is 0. The molecule has 4 heteroatoms. The molecule has 1 aromatic rings. The molecular weight excluding hydrogens is 200 g/mol. The molecule has 2 N–H and O–H groups in total. The first kappa shape index (κ1) is 9.87. The van der Waals surface area contributed by atoms with Crippen molar-refractivity contribution in [1.29, 1.82) is 0 Å². The van der Waals surface area contributed by atoms with Crippen LogP contribution in [-0.2, 0) is 0 Å². The van der Waals surface area contributed by atoms with Gasteiger partial charge in [-0.05, 0) is 31.6 Å². The smallest absolute Gasteiger partial charge is 0.221 e. The molecule has 3 rings (SSSR count). The largest absolute Gasteiger partial charge is 0.368 e. The molecule has 16 heavy (non-hydrogen) atoms. The molecule has 0 radical (unpaired) electrons. The molecule has 2 aliphatic rings. The number of aryl methyl sites for hydroxylation is 1. The summed E-state index contributed by atoms with van der Waals surface area (Å²) in [5.74, 6) is 3.20. The van der Waals surface area contributed by atoms with Crippen LogP contribution in [0.5, 0.6) is 0 Å². The molecule has 0 bridgehead atoms. The van der Waals surface area contributed by atoms with E-state index in [2.05, 4.69) is 21.8 Å². The van der Waals surface area contributed by atoms with Crippen LogP contribution in [0.25, 0.3) is 0 Å². The van der Waals surface area contributed by atoms with Crippen LogP contribution in [-0.4, -0.2) is 23.1 Å². The Balaban J connectivity index is 1.85. The van der Waals surface area contributed by atoms with Gasteiger partial charge in [0.05, 0.1) is 0 Å². The molecule has 0 aromatic carbocycles. The number of rotatable bonds is 1. The Bertz CT molecular complexity index is 392. The van der Waals surface area contributed by atoms with E-state index in [1.807, 2.05) is 6.20 Å². The van der Waals surface area contributed by atoms with Gasteiger partial charge in [0.1, 0.15) is 5.82 Å². The summed E-state index contributed by atoms with van der Waals surface area (Å²) < 4.78 is 0. The van der Waals surface area contributed by atoms with Gasteiger partial charge in [-0.1, -0.05) is 6.42 Å². The third-order valence-corrected chi connectivity index (χ3v) is 3.99.